The van der Waals surface area contributed by atoms with Gasteiger partial charge in [-0.1, -0.05) is 24.3 Å². The van der Waals surface area contributed by atoms with E-state index in [0.29, 0.717) is 30.0 Å². The van der Waals surface area contributed by atoms with E-state index in [0.717, 1.165) is 17.7 Å². The maximum Gasteiger partial charge on any atom is 0.416 e. The second-order valence-electron chi connectivity index (χ2n) is 8.63. The van der Waals surface area contributed by atoms with Crippen LogP contribution in [0.15, 0.2) is 70.1 Å². The summed E-state index contributed by atoms with van der Waals surface area (Å²) in [5.74, 6) is -0.0668. The number of benzene rings is 2. The van der Waals surface area contributed by atoms with Crippen molar-refractivity contribution in [2.24, 2.45) is 0 Å². The zero-order chi connectivity index (χ0) is 24.5. The van der Waals surface area contributed by atoms with E-state index in [4.69, 9.17) is 9.15 Å². The number of amides is 1. The van der Waals surface area contributed by atoms with Gasteiger partial charge >= 0.3 is 6.18 Å². The van der Waals surface area contributed by atoms with Crippen LogP contribution in [0.4, 0.5) is 13.2 Å². The summed E-state index contributed by atoms with van der Waals surface area (Å²) in [5.41, 5.74) is -0.423. The fraction of sp³-hybridized carbons (Fsp3) is 0.280. The maximum absolute atomic E-state index is 13.0. The third kappa shape index (κ3) is 5.48. The molecule has 0 spiro atoms. The van der Waals surface area contributed by atoms with E-state index in [1.54, 1.807) is 44.2 Å². The lowest BCUT2D eigenvalue weighted by atomic mass is 10.1. The Bertz CT molecular complexity index is 1250. The van der Waals surface area contributed by atoms with Gasteiger partial charge in [-0.25, -0.2) is 0 Å². The Morgan fingerprint density at radius 2 is 1.76 bits per heavy atom. The van der Waals surface area contributed by atoms with Gasteiger partial charge in [-0.05, 0) is 49.2 Å². The van der Waals surface area contributed by atoms with Crippen molar-refractivity contribution in [3.05, 3.63) is 99.1 Å². The lowest BCUT2D eigenvalue weighted by Gasteiger charge is -2.27. The Kier molecular flexibility index (Phi) is 6.22. The minimum absolute atomic E-state index is 0.0679. The van der Waals surface area contributed by atoms with Crippen molar-refractivity contribution in [2.75, 3.05) is 0 Å². The van der Waals surface area contributed by atoms with E-state index < -0.39 is 22.9 Å². The van der Waals surface area contributed by atoms with Gasteiger partial charge in [-0.2, -0.15) is 13.2 Å². The topological polar surface area (TPSA) is 71.8 Å². The van der Waals surface area contributed by atoms with E-state index in [-0.39, 0.29) is 18.2 Å². The number of carbonyl (C=O) groups is 1. The molecule has 6 nitrogen and oxygen atoms in total. The number of fused-ring (bicyclic) bond motifs is 1. The largest absolute Gasteiger partial charge is 0.464 e. The predicted molar refractivity (Wildman–Crippen MR) is 118 cm³/mol. The Balaban J connectivity index is 1.39. The molecule has 2 heterocycles. The summed E-state index contributed by atoms with van der Waals surface area (Å²) in [6.07, 6.45) is -3.21. The summed E-state index contributed by atoms with van der Waals surface area (Å²) in [5, 5.41) is 2.72. The zero-order valence-corrected chi connectivity index (χ0v) is 18.6. The van der Waals surface area contributed by atoms with Gasteiger partial charge in [0.2, 0.25) is 11.2 Å². The first-order valence-corrected chi connectivity index (χ1v) is 10.6. The van der Waals surface area contributed by atoms with Crippen LogP contribution in [0.5, 0.6) is 5.75 Å². The molecule has 178 valence electrons. The molecule has 1 aromatic heterocycles. The summed E-state index contributed by atoms with van der Waals surface area (Å²) < 4.78 is 50.1. The molecule has 9 heteroatoms. The summed E-state index contributed by atoms with van der Waals surface area (Å²) >= 11 is 0. The number of nitrogens with one attached hydrogen (secondary N) is 1. The third-order valence-electron chi connectivity index (χ3n) is 5.37. The highest BCUT2D eigenvalue weighted by molar-refractivity contribution is 5.94. The van der Waals surface area contributed by atoms with Crippen molar-refractivity contribution in [2.45, 2.75) is 45.4 Å². The minimum atomic E-state index is -4.39. The van der Waals surface area contributed by atoms with Crippen molar-refractivity contribution < 1.29 is 27.1 Å². The van der Waals surface area contributed by atoms with Gasteiger partial charge < -0.3 is 14.5 Å². The van der Waals surface area contributed by atoms with Crippen molar-refractivity contribution in [3.63, 3.8) is 0 Å². The van der Waals surface area contributed by atoms with E-state index in [2.05, 4.69) is 5.32 Å². The van der Waals surface area contributed by atoms with E-state index >= 15 is 0 Å². The lowest BCUT2D eigenvalue weighted by Crippen LogP contribution is -2.48. The fourth-order valence-electron chi connectivity index (χ4n) is 3.81. The van der Waals surface area contributed by atoms with Gasteiger partial charge in [0.25, 0.3) is 5.91 Å². The number of nitrogens with zero attached hydrogens (tertiary/aromatic N) is 1. The average Bonchev–Trinajstić information content (AvgIpc) is 3.17. The first-order valence-electron chi connectivity index (χ1n) is 10.6. The average molecular weight is 472 g/mol. The van der Waals surface area contributed by atoms with Crippen LogP contribution in [-0.4, -0.2) is 16.5 Å². The number of rotatable bonds is 6. The molecule has 0 saturated heterocycles. The molecule has 1 amide bonds. The highest BCUT2D eigenvalue weighted by Gasteiger charge is 2.32. The van der Waals surface area contributed by atoms with Gasteiger partial charge in [0.1, 0.15) is 12.0 Å². The zero-order valence-electron chi connectivity index (χ0n) is 18.6. The molecule has 0 atom stereocenters. The highest BCUT2D eigenvalue weighted by atomic mass is 19.4. The Morgan fingerprint density at radius 1 is 1.06 bits per heavy atom. The molecule has 0 bridgehead atoms. The number of hydrogen-bond donors (Lipinski definition) is 1. The standard InChI is InChI=1S/C25H23F3N2O4/c1-24(2,29-23(32)16-6-4-3-5-7-16)34-22-15-33-20(11-21(22)31)14-30-12-17-8-9-19(25(26,27)28)10-18(17)13-30/h3-11,15H,12-14H2,1-2H3,(H,29,32). The van der Waals surface area contributed by atoms with Crippen LogP contribution >= 0.6 is 0 Å². The first kappa shape index (κ1) is 23.6. The number of ether oxygens (including phenoxy) is 1. The molecule has 0 radical (unpaired) electrons. The number of halogens is 3. The van der Waals surface area contributed by atoms with Gasteiger partial charge in [0, 0.05) is 24.7 Å². The summed E-state index contributed by atoms with van der Waals surface area (Å²) in [4.78, 5) is 26.9. The molecule has 2 aromatic carbocycles. The molecule has 0 unspecified atom stereocenters. The third-order valence-corrected chi connectivity index (χ3v) is 5.37. The van der Waals surface area contributed by atoms with Crippen molar-refractivity contribution in [1.29, 1.82) is 0 Å². The number of carbonyl (C=O) groups excluding carboxylic acids is 1. The molecule has 34 heavy (non-hydrogen) atoms. The molecule has 3 aromatic rings. The molecule has 0 saturated carbocycles. The highest BCUT2D eigenvalue weighted by Crippen LogP contribution is 2.33. The first-order chi connectivity index (χ1) is 16.0. The lowest BCUT2D eigenvalue weighted by molar-refractivity contribution is -0.137. The maximum atomic E-state index is 13.0. The molecule has 1 aliphatic heterocycles. The van der Waals surface area contributed by atoms with Crippen LogP contribution < -0.4 is 15.5 Å². The smallest absolute Gasteiger partial charge is 0.416 e. The van der Waals surface area contributed by atoms with Crippen LogP contribution in [0.1, 0.15) is 46.7 Å². The van der Waals surface area contributed by atoms with Gasteiger partial charge in [0.15, 0.2) is 5.72 Å². The molecule has 1 aliphatic rings. The second kappa shape index (κ2) is 8.98. The number of hydrogen-bond acceptors (Lipinski definition) is 5. The Hall–Kier alpha value is -3.59. The van der Waals surface area contributed by atoms with Crippen molar-refractivity contribution >= 4 is 5.91 Å². The molecular weight excluding hydrogens is 449 g/mol. The summed E-state index contributed by atoms with van der Waals surface area (Å²) in [6.45, 7) is 4.24. The van der Waals surface area contributed by atoms with Gasteiger partial charge in [0.05, 0.1) is 12.1 Å². The van der Waals surface area contributed by atoms with Crippen molar-refractivity contribution in [1.82, 2.24) is 10.2 Å². The summed E-state index contributed by atoms with van der Waals surface area (Å²) in [7, 11) is 0. The van der Waals surface area contributed by atoms with Crippen LogP contribution in [0.2, 0.25) is 0 Å². The summed E-state index contributed by atoms with van der Waals surface area (Å²) in [6, 6.07) is 13.6. The van der Waals surface area contributed by atoms with Crippen molar-refractivity contribution in [3.8, 4) is 5.75 Å². The Labute approximate surface area is 194 Å². The SMILES string of the molecule is CC(C)(NC(=O)c1ccccc1)Oc1coc(CN2Cc3ccc(C(F)(F)F)cc3C2)cc1=O. The van der Waals surface area contributed by atoms with E-state index in [1.807, 2.05) is 4.90 Å². The van der Waals surface area contributed by atoms with Crippen LogP contribution in [-0.2, 0) is 25.8 Å². The predicted octanol–water partition coefficient (Wildman–Crippen LogP) is 4.72. The Morgan fingerprint density at radius 3 is 2.44 bits per heavy atom. The minimum Gasteiger partial charge on any atom is -0.464 e. The van der Waals surface area contributed by atoms with Gasteiger partial charge in [-0.3, -0.25) is 14.5 Å². The quantitative estimate of drug-likeness (QED) is 0.526. The number of alkyl halides is 3. The molecular formula is C25H23F3N2O4. The van der Waals surface area contributed by atoms with Crippen LogP contribution in [0.25, 0.3) is 0 Å². The fourth-order valence-corrected chi connectivity index (χ4v) is 3.81. The second-order valence-corrected chi connectivity index (χ2v) is 8.63. The van der Waals surface area contributed by atoms with Crippen LogP contribution in [0.3, 0.4) is 0 Å². The molecule has 0 aliphatic carbocycles. The molecule has 1 N–H and O–H groups in total. The molecule has 4 rings (SSSR count). The molecule has 0 fully saturated rings. The van der Waals surface area contributed by atoms with E-state index in [1.165, 1.54) is 18.4 Å². The normalized spacial score (nSPS) is 14.0. The van der Waals surface area contributed by atoms with E-state index in [9.17, 15) is 22.8 Å². The monoisotopic (exact) mass is 472 g/mol. The van der Waals surface area contributed by atoms with Gasteiger partial charge in [-0.15, -0.1) is 0 Å². The van der Waals surface area contributed by atoms with Crippen LogP contribution in [0, 0.1) is 0 Å².